The minimum atomic E-state index is -0.666. The molecule has 0 atom stereocenters. The highest BCUT2D eigenvalue weighted by atomic mass is 19.1. The SMILES string of the molecule is COC(=O)c1ccc(Cc2cc3c(cnn3C(=O)C(C)(C)C)cc2N(C(=O)C2CCOCC2)c2ccc(F)cc2)cc1. The number of benzene rings is 3. The van der Waals surface area contributed by atoms with Crippen LogP contribution in [0.2, 0.25) is 0 Å². The Kier molecular flexibility index (Phi) is 8.22. The quantitative estimate of drug-likeness (QED) is 0.251. The lowest BCUT2D eigenvalue weighted by atomic mass is 9.94. The highest BCUT2D eigenvalue weighted by Gasteiger charge is 2.31. The molecule has 0 radical (unpaired) electrons. The largest absolute Gasteiger partial charge is 0.465 e. The van der Waals surface area contributed by atoms with Gasteiger partial charge in [0.15, 0.2) is 0 Å². The molecule has 5 rings (SSSR count). The number of carbonyl (C=O) groups is 3. The van der Waals surface area contributed by atoms with Crippen molar-refractivity contribution < 1.29 is 28.2 Å². The fourth-order valence-corrected chi connectivity index (χ4v) is 5.13. The van der Waals surface area contributed by atoms with E-state index in [1.165, 1.54) is 23.9 Å². The fourth-order valence-electron chi connectivity index (χ4n) is 5.13. The molecule has 1 aliphatic heterocycles. The summed E-state index contributed by atoms with van der Waals surface area (Å²) in [6.07, 6.45) is 3.18. The summed E-state index contributed by atoms with van der Waals surface area (Å²) < 4.78 is 25.7. The smallest absolute Gasteiger partial charge is 0.337 e. The molecule has 1 aromatic heterocycles. The van der Waals surface area contributed by atoms with Crippen molar-refractivity contribution in [3.63, 3.8) is 0 Å². The number of ether oxygens (including phenoxy) is 2. The molecule has 0 aliphatic carbocycles. The number of fused-ring (bicyclic) bond motifs is 1. The monoisotopic (exact) mass is 571 g/mol. The third-order valence-electron chi connectivity index (χ3n) is 7.49. The van der Waals surface area contributed by atoms with Crippen molar-refractivity contribution in [1.82, 2.24) is 9.78 Å². The summed E-state index contributed by atoms with van der Waals surface area (Å²) in [5.74, 6) is -1.37. The van der Waals surface area contributed by atoms with Crippen LogP contribution >= 0.6 is 0 Å². The van der Waals surface area contributed by atoms with Crippen molar-refractivity contribution in [3.05, 3.63) is 89.4 Å². The lowest BCUT2D eigenvalue weighted by Gasteiger charge is -2.31. The second kappa shape index (κ2) is 11.9. The standard InChI is InChI=1S/C33H34FN3O5/c1-33(2,3)32(40)37-29-18-24(17-21-5-7-23(8-6-21)31(39)41-4)28(19-25(29)20-35-37)36(27-11-9-26(34)10-12-27)30(38)22-13-15-42-16-14-22/h5-12,18-20,22H,13-17H2,1-4H3. The number of hydrogen-bond acceptors (Lipinski definition) is 6. The summed E-state index contributed by atoms with van der Waals surface area (Å²) >= 11 is 0. The van der Waals surface area contributed by atoms with Gasteiger partial charge in [0.25, 0.3) is 5.91 Å². The second-order valence-corrected chi connectivity index (χ2v) is 11.6. The molecule has 1 fully saturated rings. The first-order valence-electron chi connectivity index (χ1n) is 14.0. The van der Waals surface area contributed by atoms with Gasteiger partial charge in [-0.15, -0.1) is 0 Å². The third kappa shape index (κ3) is 5.97. The molecule has 0 bridgehead atoms. The first kappa shape index (κ1) is 29.1. The lowest BCUT2D eigenvalue weighted by Crippen LogP contribution is -2.36. The van der Waals surface area contributed by atoms with Crippen molar-refractivity contribution in [2.24, 2.45) is 11.3 Å². The number of rotatable bonds is 6. The van der Waals surface area contributed by atoms with Crippen LogP contribution in [0.4, 0.5) is 15.8 Å². The minimum absolute atomic E-state index is 0.107. The Morgan fingerprint density at radius 2 is 1.69 bits per heavy atom. The van der Waals surface area contributed by atoms with Crippen molar-refractivity contribution in [1.29, 1.82) is 0 Å². The van der Waals surface area contributed by atoms with Gasteiger partial charge in [0.2, 0.25) is 5.91 Å². The summed E-state index contributed by atoms with van der Waals surface area (Å²) in [5.41, 5.74) is 3.18. The average molecular weight is 572 g/mol. The molecular weight excluding hydrogens is 537 g/mol. The number of aromatic nitrogens is 2. The predicted octanol–water partition coefficient (Wildman–Crippen LogP) is 6.33. The number of methoxy groups -OCH3 is 1. The van der Waals surface area contributed by atoms with Gasteiger partial charge in [0.1, 0.15) is 5.82 Å². The number of esters is 1. The summed E-state index contributed by atoms with van der Waals surface area (Å²) in [7, 11) is 1.33. The number of nitrogens with zero attached hydrogens (tertiary/aromatic N) is 3. The van der Waals surface area contributed by atoms with Gasteiger partial charge in [-0.25, -0.2) is 9.18 Å². The van der Waals surface area contributed by atoms with Crippen molar-refractivity contribution >= 4 is 40.1 Å². The van der Waals surface area contributed by atoms with E-state index >= 15 is 0 Å². The Balaban J connectivity index is 1.68. The molecule has 1 amide bonds. The summed E-state index contributed by atoms with van der Waals surface area (Å²) in [5, 5.41) is 5.11. The first-order chi connectivity index (χ1) is 20.1. The zero-order chi connectivity index (χ0) is 30.0. The fraction of sp³-hybridized carbons (Fsp3) is 0.333. The maximum absolute atomic E-state index is 14.2. The Morgan fingerprint density at radius 3 is 2.31 bits per heavy atom. The number of hydrogen-bond donors (Lipinski definition) is 0. The van der Waals surface area contributed by atoms with Gasteiger partial charge in [-0.05, 0) is 78.9 Å². The molecule has 0 saturated carbocycles. The maximum Gasteiger partial charge on any atom is 0.337 e. The first-order valence-corrected chi connectivity index (χ1v) is 14.0. The van der Waals surface area contributed by atoms with E-state index in [1.54, 1.807) is 35.4 Å². The van der Waals surface area contributed by atoms with Gasteiger partial charge in [-0.2, -0.15) is 9.78 Å². The second-order valence-electron chi connectivity index (χ2n) is 11.6. The molecule has 1 aliphatic rings. The Bertz CT molecular complexity index is 1610. The normalized spacial score (nSPS) is 14.1. The van der Waals surface area contributed by atoms with E-state index in [9.17, 15) is 18.8 Å². The predicted molar refractivity (Wildman–Crippen MR) is 157 cm³/mol. The highest BCUT2D eigenvalue weighted by molar-refractivity contribution is 6.05. The van der Waals surface area contributed by atoms with Crippen LogP contribution in [0.5, 0.6) is 0 Å². The van der Waals surface area contributed by atoms with Crippen LogP contribution in [0.15, 0.2) is 66.9 Å². The van der Waals surface area contributed by atoms with Crippen LogP contribution in [0.25, 0.3) is 10.9 Å². The number of carbonyl (C=O) groups excluding carboxylic acids is 3. The van der Waals surface area contributed by atoms with Crippen LogP contribution in [-0.4, -0.2) is 47.9 Å². The van der Waals surface area contributed by atoms with E-state index in [1.807, 2.05) is 45.0 Å². The maximum atomic E-state index is 14.2. The van der Waals surface area contributed by atoms with Crippen LogP contribution < -0.4 is 4.90 Å². The Morgan fingerprint density at radius 1 is 1.02 bits per heavy atom. The van der Waals surface area contributed by atoms with E-state index in [2.05, 4.69) is 5.10 Å². The number of amides is 1. The molecule has 0 unspecified atom stereocenters. The molecule has 2 heterocycles. The van der Waals surface area contributed by atoms with Gasteiger partial charge in [0, 0.05) is 35.6 Å². The van der Waals surface area contributed by atoms with Crippen LogP contribution in [0.1, 0.15) is 59.9 Å². The Hall–Kier alpha value is -4.37. The van der Waals surface area contributed by atoms with E-state index in [0.717, 1.165) is 11.1 Å². The number of halogens is 1. The average Bonchev–Trinajstić information content (AvgIpc) is 3.40. The van der Waals surface area contributed by atoms with Crippen molar-refractivity contribution in [2.45, 2.75) is 40.0 Å². The van der Waals surface area contributed by atoms with Crippen molar-refractivity contribution in [2.75, 3.05) is 25.2 Å². The summed E-state index contributed by atoms with van der Waals surface area (Å²) in [4.78, 5) is 41.1. The highest BCUT2D eigenvalue weighted by Crippen LogP contribution is 2.37. The summed E-state index contributed by atoms with van der Waals surface area (Å²) in [6, 6.07) is 16.7. The molecule has 218 valence electrons. The lowest BCUT2D eigenvalue weighted by molar-refractivity contribution is -0.124. The molecule has 0 spiro atoms. The third-order valence-corrected chi connectivity index (χ3v) is 7.49. The minimum Gasteiger partial charge on any atom is -0.465 e. The summed E-state index contributed by atoms with van der Waals surface area (Å²) in [6.45, 7) is 6.50. The van der Waals surface area contributed by atoms with Crippen LogP contribution in [0.3, 0.4) is 0 Å². The van der Waals surface area contributed by atoms with E-state index < -0.39 is 17.2 Å². The van der Waals surface area contributed by atoms with E-state index in [0.29, 0.717) is 60.3 Å². The van der Waals surface area contributed by atoms with Gasteiger partial charge in [-0.3, -0.25) is 14.5 Å². The molecule has 8 nitrogen and oxygen atoms in total. The zero-order valence-corrected chi connectivity index (χ0v) is 24.2. The Labute approximate surface area is 244 Å². The van der Waals surface area contributed by atoms with Gasteiger partial charge < -0.3 is 9.47 Å². The topological polar surface area (TPSA) is 90.7 Å². The van der Waals surface area contributed by atoms with E-state index in [-0.39, 0.29) is 17.7 Å². The van der Waals surface area contributed by atoms with E-state index in [4.69, 9.17) is 9.47 Å². The van der Waals surface area contributed by atoms with Gasteiger partial charge in [-0.1, -0.05) is 32.9 Å². The van der Waals surface area contributed by atoms with Gasteiger partial charge in [0.05, 0.1) is 30.1 Å². The van der Waals surface area contributed by atoms with Gasteiger partial charge >= 0.3 is 5.97 Å². The molecule has 4 aromatic rings. The molecule has 3 aromatic carbocycles. The number of anilines is 2. The molecule has 42 heavy (non-hydrogen) atoms. The van der Waals surface area contributed by atoms with Crippen LogP contribution in [-0.2, 0) is 20.7 Å². The molecular formula is C33H34FN3O5. The molecule has 1 saturated heterocycles. The molecule has 0 N–H and O–H groups in total. The van der Waals surface area contributed by atoms with Crippen LogP contribution in [0, 0.1) is 17.2 Å². The van der Waals surface area contributed by atoms with Crippen molar-refractivity contribution in [3.8, 4) is 0 Å². The zero-order valence-electron chi connectivity index (χ0n) is 24.2. The molecule has 9 heteroatoms.